The summed E-state index contributed by atoms with van der Waals surface area (Å²) in [4.78, 5) is 17.1. The number of fused-ring (bicyclic) bond motifs is 1. The molecule has 84 valence electrons. The SMILES string of the molecule is Cc1cc(C(F)(F)F)c2ccc(=O)[nH]c2n1. The standard InChI is InChI=1S/C10H7F3N2O/c1-5-4-7(10(11,12)13)6-2-3-8(16)15-9(6)14-5/h2-4H,1H3,(H,14,15,16). The van der Waals surface area contributed by atoms with Crippen LogP contribution < -0.4 is 5.56 Å². The Balaban J connectivity index is 2.89. The number of hydrogen-bond acceptors (Lipinski definition) is 2. The Hall–Kier alpha value is -1.85. The Kier molecular flexibility index (Phi) is 2.22. The van der Waals surface area contributed by atoms with E-state index in [1.165, 1.54) is 6.92 Å². The highest BCUT2D eigenvalue weighted by molar-refractivity contribution is 5.79. The van der Waals surface area contributed by atoms with Gasteiger partial charge >= 0.3 is 6.18 Å². The van der Waals surface area contributed by atoms with Crippen molar-refractivity contribution in [2.75, 3.05) is 0 Å². The number of aryl methyl sites for hydroxylation is 1. The molecule has 0 aliphatic carbocycles. The van der Waals surface area contributed by atoms with Gasteiger partial charge in [0.25, 0.3) is 0 Å². The minimum atomic E-state index is -4.45. The fraction of sp³-hybridized carbons (Fsp3) is 0.200. The molecule has 2 heterocycles. The summed E-state index contributed by atoms with van der Waals surface area (Å²) in [6.45, 7) is 1.44. The van der Waals surface area contributed by atoms with Crippen molar-refractivity contribution in [2.45, 2.75) is 13.1 Å². The molecule has 0 aliphatic rings. The number of pyridine rings is 2. The third-order valence-electron chi connectivity index (χ3n) is 2.14. The maximum absolute atomic E-state index is 12.7. The smallest absolute Gasteiger partial charge is 0.307 e. The first kappa shape index (κ1) is 10.7. The van der Waals surface area contributed by atoms with E-state index >= 15 is 0 Å². The molecule has 0 saturated carbocycles. The van der Waals surface area contributed by atoms with Gasteiger partial charge in [-0.25, -0.2) is 4.98 Å². The zero-order chi connectivity index (χ0) is 11.9. The van der Waals surface area contributed by atoms with E-state index in [2.05, 4.69) is 9.97 Å². The summed E-state index contributed by atoms with van der Waals surface area (Å²) in [7, 11) is 0. The topological polar surface area (TPSA) is 45.8 Å². The second-order valence-corrected chi connectivity index (χ2v) is 3.39. The zero-order valence-corrected chi connectivity index (χ0v) is 8.22. The van der Waals surface area contributed by atoms with Crippen LogP contribution in [0.4, 0.5) is 13.2 Å². The number of H-pyrrole nitrogens is 1. The van der Waals surface area contributed by atoms with Crippen molar-refractivity contribution in [3.05, 3.63) is 39.8 Å². The minimum Gasteiger partial charge on any atom is -0.307 e. The second kappa shape index (κ2) is 3.33. The lowest BCUT2D eigenvalue weighted by atomic mass is 10.1. The van der Waals surface area contributed by atoms with Crippen molar-refractivity contribution in [3.8, 4) is 0 Å². The van der Waals surface area contributed by atoms with Crippen LogP contribution in [0.2, 0.25) is 0 Å². The largest absolute Gasteiger partial charge is 0.417 e. The Morgan fingerprint density at radius 1 is 1.31 bits per heavy atom. The summed E-state index contributed by atoms with van der Waals surface area (Å²) in [6, 6.07) is 3.14. The quantitative estimate of drug-likeness (QED) is 0.751. The van der Waals surface area contributed by atoms with Gasteiger partial charge in [0.2, 0.25) is 5.56 Å². The van der Waals surface area contributed by atoms with Crippen LogP contribution in [0.25, 0.3) is 11.0 Å². The van der Waals surface area contributed by atoms with Crippen LogP contribution in [-0.2, 0) is 6.18 Å². The summed E-state index contributed by atoms with van der Waals surface area (Å²) in [6.07, 6.45) is -4.45. The molecule has 0 unspecified atom stereocenters. The molecule has 0 saturated heterocycles. The predicted molar refractivity (Wildman–Crippen MR) is 52.1 cm³/mol. The first-order valence-electron chi connectivity index (χ1n) is 4.46. The molecule has 0 atom stereocenters. The number of aromatic nitrogens is 2. The summed E-state index contributed by atoms with van der Waals surface area (Å²) in [5.41, 5.74) is -1.09. The fourth-order valence-electron chi connectivity index (χ4n) is 1.50. The van der Waals surface area contributed by atoms with Crippen molar-refractivity contribution >= 4 is 11.0 Å². The first-order chi connectivity index (χ1) is 7.38. The molecule has 6 heteroatoms. The predicted octanol–water partition coefficient (Wildman–Crippen LogP) is 2.25. The highest BCUT2D eigenvalue weighted by atomic mass is 19.4. The Morgan fingerprint density at radius 2 is 2.00 bits per heavy atom. The highest BCUT2D eigenvalue weighted by Crippen LogP contribution is 2.33. The number of hydrogen-bond donors (Lipinski definition) is 1. The average Bonchev–Trinajstić information content (AvgIpc) is 2.14. The lowest BCUT2D eigenvalue weighted by Crippen LogP contribution is -2.11. The van der Waals surface area contributed by atoms with Gasteiger partial charge in [0.05, 0.1) is 5.56 Å². The van der Waals surface area contributed by atoms with Gasteiger partial charge in [-0.15, -0.1) is 0 Å². The molecule has 2 aromatic heterocycles. The third kappa shape index (κ3) is 1.78. The van der Waals surface area contributed by atoms with E-state index in [9.17, 15) is 18.0 Å². The maximum atomic E-state index is 12.7. The van der Waals surface area contributed by atoms with Crippen LogP contribution in [0, 0.1) is 6.92 Å². The van der Waals surface area contributed by atoms with Gasteiger partial charge in [-0.3, -0.25) is 4.79 Å². The Labute approximate surface area is 87.9 Å². The van der Waals surface area contributed by atoms with Crippen LogP contribution in [0.5, 0.6) is 0 Å². The fourth-order valence-corrected chi connectivity index (χ4v) is 1.50. The van der Waals surface area contributed by atoms with Crippen molar-refractivity contribution in [1.82, 2.24) is 9.97 Å². The second-order valence-electron chi connectivity index (χ2n) is 3.39. The van der Waals surface area contributed by atoms with Gasteiger partial charge in [-0.05, 0) is 19.1 Å². The van der Waals surface area contributed by atoms with E-state index in [0.29, 0.717) is 0 Å². The van der Waals surface area contributed by atoms with E-state index in [-0.39, 0.29) is 16.7 Å². The molecule has 2 rings (SSSR count). The third-order valence-corrected chi connectivity index (χ3v) is 2.14. The van der Waals surface area contributed by atoms with E-state index in [4.69, 9.17) is 0 Å². The number of rotatable bonds is 0. The number of alkyl halides is 3. The number of aromatic amines is 1. The van der Waals surface area contributed by atoms with Crippen molar-refractivity contribution in [2.24, 2.45) is 0 Å². The molecule has 0 fully saturated rings. The molecule has 0 bridgehead atoms. The molecule has 0 radical (unpaired) electrons. The summed E-state index contributed by atoms with van der Waals surface area (Å²) in [5.74, 6) is 0. The van der Waals surface area contributed by atoms with Crippen molar-refractivity contribution < 1.29 is 13.2 Å². The summed E-state index contributed by atoms with van der Waals surface area (Å²) in [5, 5.41) is -0.0994. The molecular weight excluding hydrogens is 221 g/mol. The Morgan fingerprint density at radius 3 is 2.62 bits per heavy atom. The van der Waals surface area contributed by atoms with Crippen LogP contribution in [0.3, 0.4) is 0 Å². The number of nitrogens with zero attached hydrogens (tertiary/aromatic N) is 1. The van der Waals surface area contributed by atoms with Gasteiger partial charge in [-0.1, -0.05) is 0 Å². The van der Waals surface area contributed by atoms with Crippen molar-refractivity contribution in [3.63, 3.8) is 0 Å². The molecular formula is C10H7F3N2O. The Bertz CT molecular complexity index is 601. The summed E-state index contributed by atoms with van der Waals surface area (Å²) >= 11 is 0. The normalized spacial score (nSPS) is 12.0. The van der Waals surface area contributed by atoms with E-state index in [1.807, 2.05) is 0 Å². The van der Waals surface area contributed by atoms with Gasteiger partial charge < -0.3 is 4.98 Å². The van der Waals surface area contributed by atoms with Crippen LogP contribution in [0.15, 0.2) is 23.0 Å². The average molecular weight is 228 g/mol. The monoisotopic (exact) mass is 228 g/mol. The first-order valence-corrected chi connectivity index (χ1v) is 4.46. The molecule has 0 spiro atoms. The maximum Gasteiger partial charge on any atom is 0.417 e. The lowest BCUT2D eigenvalue weighted by molar-refractivity contribution is -0.136. The van der Waals surface area contributed by atoms with E-state index < -0.39 is 17.3 Å². The molecule has 0 amide bonds. The molecule has 0 aliphatic heterocycles. The lowest BCUT2D eigenvalue weighted by Gasteiger charge is -2.10. The minimum absolute atomic E-state index is 0.0418. The molecule has 16 heavy (non-hydrogen) atoms. The van der Waals surface area contributed by atoms with Crippen LogP contribution in [0.1, 0.15) is 11.3 Å². The number of nitrogens with one attached hydrogen (secondary N) is 1. The van der Waals surface area contributed by atoms with Gasteiger partial charge in [0, 0.05) is 17.1 Å². The zero-order valence-electron chi connectivity index (χ0n) is 8.22. The van der Waals surface area contributed by atoms with E-state index in [1.54, 1.807) is 0 Å². The van der Waals surface area contributed by atoms with Gasteiger partial charge in [0.15, 0.2) is 0 Å². The molecule has 3 nitrogen and oxygen atoms in total. The van der Waals surface area contributed by atoms with Crippen molar-refractivity contribution in [1.29, 1.82) is 0 Å². The highest BCUT2D eigenvalue weighted by Gasteiger charge is 2.33. The van der Waals surface area contributed by atoms with E-state index in [0.717, 1.165) is 18.2 Å². The van der Waals surface area contributed by atoms with Crippen LogP contribution >= 0.6 is 0 Å². The van der Waals surface area contributed by atoms with Gasteiger partial charge in [0.1, 0.15) is 5.65 Å². The van der Waals surface area contributed by atoms with Gasteiger partial charge in [-0.2, -0.15) is 13.2 Å². The molecule has 2 aromatic rings. The number of halogens is 3. The molecule has 0 aromatic carbocycles. The summed E-state index contributed by atoms with van der Waals surface area (Å²) < 4.78 is 38.0. The van der Waals surface area contributed by atoms with Crippen LogP contribution in [-0.4, -0.2) is 9.97 Å². The molecule has 1 N–H and O–H groups in total.